The van der Waals surface area contributed by atoms with Crippen LogP contribution in [0.3, 0.4) is 0 Å². The van der Waals surface area contributed by atoms with Crippen molar-refractivity contribution in [3.05, 3.63) is 60.0 Å². The van der Waals surface area contributed by atoms with Gasteiger partial charge in [-0.15, -0.1) is 0 Å². The van der Waals surface area contributed by atoms with Crippen LogP contribution in [0, 0.1) is 6.92 Å². The zero-order chi connectivity index (χ0) is 21.1. The predicted molar refractivity (Wildman–Crippen MR) is 114 cm³/mol. The monoisotopic (exact) mass is 405 g/mol. The maximum Gasteiger partial charge on any atom is 0.321 e. The number of aryl methyl sites for hydroxylation is 1. The number of carbonyl (C=O) groups is 2. The zero-order valence-electron chi connectivity index (χ0n) is 17.0. The van der Waals surface area contributed by atoms with E-state index in [1.807, 2.05) is 48.5 Å². The van der Waals surface area contributed by atoms with Crippen LogP contribution in [-0.4, -0.2) is 53.0 Å². The van der Waals surface area contributed by atoms with Crippen molar-refractivity contribution in [3.8, 4) is 11.4 Å². The van der Waals surface area contributed by atoms with E-state index in [9.17, 15) is 9.59 Å². The number of nitrogens with zero attached hydrogens (tertiary/aromatic N) is 4. The molecule has 0 atom stereocenters. The molecule has 0 aliphatic carbocycles. The fraction of sp³-hybridized carbons (Fsp3) is 0.273. The Morgan fingerprint density at radius 1 is 0.967 bits per heavy atom. The number of carbonyl (C=O) groups excluding carboxylic acids is 2. The van der Waals surface area contributed by atoms with Gasteiger partial charge in [-0.25, -0.2) is 4.79 Å². The molecule has 0 unspecified atom stereocenters. The number of urea groups is 1. The lowest BCUT2D eigenvalue weighted by molar-refractivity contribution is 0.101. The third-order valence-corrected chi connectivity index (χ3v) is 5.13. The van der Waals surface area contributed by atoms with E-state index in [2.05, 4.69) is 20.4 Å². The molecule has 1 fully saturated rings. The highest BCUT2D eigenvalue weighted by atomic mass is 16.5. The summed E-state index contributed by atoms with van der Waals surface area (Å²) in [7, 11) is 0. The van der Waals surface area contributed by atoms with Crippen LogP contribution in [0.5, 0.6) is 0 Å². The maximum atomic E-state index is 12.6. The van der Waals surface area contributed by atoms with Crippen molar-refractivity contribution in [3.63, 3.8) is 0 Å². The van der Waals surface area contributed by atoms with Crippen LogP contribution in [-0.2, 0) is 0 Å². The van der Waals surface area contributed by atoms with Gasteiger partial charge in [-0.1, -0.05) is 5.16 Å². The summed E-state index contributed by atoms with van der Waals surface area (Å²) >= 11 is 0. The van der Waals surface area contributed by atoms with E-state index in [1.165, 1.54) is 0 Å². The Balaban J connectivity index is 1.31. The van der Waals surface area contributed by atoms with Gasteiger partial charge in [0.1, 0.15) is 0 Å². The second kappa shape index (κ2) is 8.36. The van der Waals surface area contributed by atoms with Gasteiger partial charge in [-0.2, -0.15) is 4.98 Å². The molecule has 2 heterocycles. The van der Waals surface area contributed by atoms with E-state index < -0.39 is 0 Å². The van der Waals surface area contributed by atoms with E-state index in [-0.39, 0.29) is 11.8 Å². The second-order valence-corrected chi connectivity index (χ2v) is 7.22. The summed E-state index contributed by atoms with van der Waals surface area (Å²) < 4.78 is 4.99. The minimum absolute atomic E-state index is 0.0588. The van der Waals surface area contributed by atoms with Crippen LogP contribution in [0.2, 0.25) is 0 Å². The van der Waals surface area contributed by atoms with Crippen LogP contribution >= 0.6 is 0 Å². The number of amides is 2. The van der Waals surface area contributed by atoms with Gasteiger partial charge < -0.3 is 19.6 Å². The number of anilines is 2. The van der Waals surface area contributed by atoms with Crippen LogP contribution in [0.25, 0.3) is 11.4 Å². The predicted octanol–water partition coefficient (Wildman–Crippen LogP) is 3.60. The minimum atomic E-state index is -0.121. The van der Waals surface area contributed by atoms with Crippen molar-refractivity contribution in [1.82, 2.24) is 15.0 Å². The molecule has 0 spiro atoms. The van der Waals surface area contributed by atoms with Crippen molar-refractivity contribution >= 4 is 23.2 Å². The van der Waals surface area contributed by atoms with Gasteiger partial charge in [0.25, 0.3) is 0 Å². The lowest BCUT2D eigenvalue weighted by atomic mass is 10.1. The number of rotatable bonds is 4. The molecule has 8 nitrogen and oxygen atoms in total. The smallest absolute Gasteiger partial charge is 0.321 e. The standard InChI is InChI=1S/C22H23N5O3/c1-15(28)17-5-9-20(10-6-17)26-11-13-27(14-12-26)22(29)24-19-7-3-18(4-8-19)21-23-16(2)30-25-21/h3-10H,11-14H2,1-2H3,(H,24,29). The Morgan fingerprint density at radius 2 is 1.63 bits per heavy atom. The summed E-state index contributed by atoms with van der Waals surface area (Å²) in [5.74, 6) is 1.10. The van der Waals surface area contributed by atoms with Gasteiger partial charge in [0.05, 0.1) is 0 Å². The first-order valence-electron chi connectivity index (χ1n) is 9.82. The molecular weight excluding hydrogens is 382 g/mol. The van der Waals surface area contributed by atoms with E-state index >= 15 is 0 Å². The Hall–Kier alpha value is -3.68. The largest absolute Gasteiger partial charge is 0.368 e. The SMILES string of the molecule is CC(=O)c1ccc(N2CCN(C(=O)Nc3ccc(-c4noc(C)n4)cc3)CC2)cc1. The van der Waals surface area contributed by atoms with Gasteiger partial charge in [0, 0.05) is 55.6 Å². The molecule has 1 saturated heterocycles. The Bertz CT molecular complexity index is 1040. The summed E-state index contributed by atoms with van der Waals surface area (Å²) in [4.78, 5) is 32.2. The van der Waals surface area contributed by atoms with Gasteiger partial charge in [0.15, 0.2) is 5.78 Å². The average molecular weight is 405 g/mol. The molecule has 1 aliphatic rings. The normalized spacial score (nSPS) is 13.9. The number of hydrogen-bond donors (Lipinski definition) is 1. The molecule has 2 amide bonds. The Labute approximate surface area is 174 Å². The summed E-state index contributed by atoms with van der Waals surface area (Å²) in [6, 6.07) is 14.8. The summed E-state index contributed by atoms with van der Waals surface area (Å²) in [6.45, 7) is 6.03. The number of benzene rings is 2. The topological polar surface area (TPSA) is 91.6 Å². The Morgan fingerprint density at radius 3 is 2.20 bits per heavy atom. The average Bonchev–Trinajstić information content (AvgIpc) is 3.21. The first kappa shape index (κ1) is 19.6. The number of ketones is 1. The van der Waals surface area contributed by atoms with Gasteiger partial charge in [-0.05, 0) is 55.5 Å². The molecule has 8 heteroatoms. The van der Waals surface area contributed by atoms with E-state index in [1.54, 1.807) is 18.7 Å². The first-order valence-corrected chi connectivity index (χ1v) is 9.82. The summed E-state index contributed by atoms with van der Waals surface area (Å²) in [5, 5.41) is 6.83. The van der Waals surface area contributed by atoms with Crippen molar-refractivity contribution < 1.29 is 14.1 Å². The van der Waals surface area contributed by atoms with E-state index in [0.29, 0.717) is 36.1 Å². The second-order valence-electron chi connectivity index (χ2n) is 7.22. The van der Waals surface area contributed by atoms with E-state index in [4.69, 9.17) is 4.52 Å². The molecule has 154 valence electrons. The van der Waals surface area contributed by atoms with Crippen molar-refractivity contribution in [2.24, 2.45) is 0 Å². The highest BCUT2D eigenvalue weighted by Crippen LogP contribution is 2.20. The molecule has 0 radical (unpaired) electrons. The minimum Gasteiger partial charge on any atom is -0.368 e. The van der Waals surface area contributed by atoms with Crippen LogP contribution in [0.1, 0.15) is 23.2 Å². The van der Waals surface area contributed by atoms with E-state index in [0.717, 1.165) is 24.3 Å². The lowest BCUT2D eigenvalue weighted by Crippen LogP contribution is -2.50. The third kappa shape index (κ3) is 4.32. The molecule has 0 bridgehead atoms. The highest BCUT2D eigenvalue weighted by molar-refractivity contribution is 5.94. The fourth-order valence-electron chi connectivity index (χ4n) is 3.40. The molecule has 1 aliphatic heterocycles. The van der Waals surface area contributed by atoms with Crippen LogP contribution < -0.4 is 10.2 Å². The van der Waals surface area contributed by atoms with Crippen molar-refractivity contribution in [2.45, 2.75) is 13.8 Å². The summed E-state index contributed by atoms with van der Waals surface area (Å²) in [5.41, 5.74) is 3.31. The number of piperazine rings is 1. The molecule has 1 N–H and O–H groups in total. The summed E-state index contributed by atoms with van der Waals surface area (Å²) in [6.07, 6.45) is 0. The highest BCUT2D eigenvalue weighted by Gasteiger charge is 2.21. The van der Waals surface area contributed by atoms with Gasteiger partial charge in [0.2, 0.25) is 11.7 Å². The Kier molecular flexibility index (Phi) is 5.47. The number of aromatic nitrogens is 2. The molecule has 0 saturated carbocycles. The van der Waals surface area contributed by atoms with Crippen molar-refractivity contribution in [1.29, 1.82) is 0 Å². The number of Topliss-reactive ketones (excluding diaryl/α,β-unsaturated/α-hetero) is 1. The zero-order valence-corrected chi connectivity index (χ0v) is 17.0. The van der Waals surface area contributed by atoms with Crippen LogP contribution in [0.15, 0.2) is 53.1 Å². The van der Waals surface area contributed by atoms with Crippen molar-refractivity contribution in [2.75, 3.05) is 36.4 Å². The van der Waals surface area contributed by atoms with Gasteiger partial charge >= 0.3 is 6.03 Å². The molecule has 4 rings (SSSR count). The first-order chi connectivity index (χ1) is 14.5. The lowest BCUT2D eigenvalue weighted by Gasteiger charge is -2.36. The maximum absolute atomic E-state index is 12.6. The molecule has 2 aromatic carbocycles. The molecular formula is C22H23N5O3. The quantitative estimate of drug-likeness (QED) is 0.667. The molecule has 30 heavy (non-hydrogen) atoms. The van der Waals surface area contributed by atoms with Crippen LogP contribution in [0.4, 0.5) is 16.2 Å². The number of nitrogens with one attached hydrogen (secondary N) is 1. The molecule has 3 aromatic rings. The molecule has 1 aromatic heterocycles. The van der Waals surface area contributed by atoms with Gasteiger partial charge in [-0.3, -0.25) is 4.79 Å². The number of hydrogen-bond acceptors (Lipinski definition) is 6. The third-order valence-electron chi connectivity index (χ3n) is 5.13. The fourth-order valence-corrected chi connectivity index (χ4v) is 3.40.